The van der Waals surface area contributed by atoms with E-state index in [4.69, 9.17) is 15.0 Å². The van der Waals surface area contributed by atoms with Crippen molar-refractivity contribution < 1.29 is 9.31 Å². The van der Waals surface area contributed by atoms with Crippen LogP contribution in [0.2, 0.25) is 0 Å². The molecule has 20 heavy (non-hydrogen) atoms. The Balaban J connectivity index is 2.44. The van der Waals surface area contributed by atoms with Crippen LogP contribution in [0.25, 0.3) is 0 Å². The van der Waals surface area contributed by atoms with Gasteiger partial charge >= 0.3 is 7.12 Å². The van der Waals surface area contributed by atoms with Gasteiger partial charge in [-0.3, -0.25) is 0 Å². The zero-order valence-corrected chi connectivity index (χ0v) is 13.9. The first kappa shape index (κ1) is 15.9. The molecule has 0 bridgehead atoms. The lowest BCUT2D eigenvalue weighted by atomic mass is 9.74. The largest absolute Gasteiger partial charge is 0.495 e. The standard InChI is InChI=1S/C15H24BNO2S/c1-10-12(8-17)6-11(9-20)7-13(10)16-18-14(2,3)15(4,5)19-16/h6-7,20H,8-9,17H2,1-5H3. The second-order valence-electron chi connectivity index (χ2n) is 6.42. The molecule has 110 valence electrons. The topological polar surface area (TPSA) is 44.5 Å². The van der Waals surface area contributed by atoms with Crippen LogP contribution >= 0.6 is 12.6 Å². The molecule has 1 aliphatic rings. The molecule has 1 aromatic carbocycles. The predicted octanol–water partition coefficient (Wildman–Crippen LogP) is 2.18. The van der Waals surface area contributed by atoms with Crippen molar-refractivity contribution in [1.82, 2.24) is 0 Å². The molecule has 1 aliphatic heterocycles. The van der Waals surface area contributed by atoms with Crippen LogP contribution in [0, 0.1) is 6.92 Å². The van der Waals surface area contributed by atoms with Crippen molar-refractivity contribution in [3.8, 4) is 0 Å². The first-order chi connectivity index (χ1) is 9.21. The fourth-order valence-electron chi connectivity index (χ4n) is 2.39. The summed E-state index contributed by atoms with van der Waals surface area (Å²) in [5, 5.41) is 0. The first-order valence-corrected chi connectivity index (χ1v) is 7.64. The minimum atomic E-state index is -0.342. The molecule has 5 heteroatoms. The fraction of sp³-hybridized carbons (Fsp3) is 0.600. The summed E-state index contributed by atoms with van der Waals surface area (Å²) in [7, 11) is -0.342. The molecule has 0 saturated carbocycles. The van der Waals surface area contributed by atoms with Gasteiger partial charge in [0.15, 0.2) is 0 Å². The number of benzene rings is 1. The highest BCUT2D eigenvalue weighted by Gasteiger charge is 2.52. The quantitative estimate of drug-likeness (QED) is 0.663. The van der Waals surface area contributed by atoms with Gasteiger partial charge < -0.3 is 15.0 Å². The number of hydrogen-bond donors (Lipinski definition) is 2. The van der Waals surface area contributed by atoms with Crippen molar-refractivity contribution in [3.05, 3.63) is 28.8 Å². The highest BCUT2D eigenvalue weighted by Crippen LogP contribution is 2.36. The van der Waals surface area contributed by atoms with Crippen molar-refractivity contribution in [2.24, 2.45) is 5.73 Å². The molecule has 1 saturated heterocycles. The second-order valence-corrected chi connectivity index (χ2v) is 6.74. The van der Waals surface area contributed by atoms with Crippen molar-refractivity contribution >= 4 is 25.2 Å². The predicted molar refractivity (Wildman–Crippen MR) is 87.5 cm³/mol. The van der Waals surface area contributed by atoms with Crippen LogP contribution < -0.4 is 11.2 Å². The number of nitrogens with two attached hydrogens (primary N) is 1. The normalized spacial score (nSPS) is 20.4. The van der Waals surface area contributed by atoms with E-state index in [-0.39, 0.29) is 18.3 Å². The lowest BCUT2D eigenvalue weighted by Crippen LogP contribution is -2.41. The summed E-state index contributed by atoms with van der Waals surface area (Å²) in [6.45, 7) is 10.8. The van der Waals surface area contributed by atoms with Gasteiger partial charge in [0.1, 0.15) is 0 Å². The van der Waals surface area contributed by atoms with Gasteiger partial charge in [-0.1, -0.05) is 12.1 Å². The van der Waals surface area contributed by atoms with Crippen molar-refractivity contribution in [2.45, 2.75) is 58.1 Å². The van der Waals surface area contributed by atoms with E-state index >= 15 is 0 Å². The highest BCUT2D eigenvalue weighted by atomic mass is 32.1. The Labute approximate surface area is 127 Å². The smallest absolute Gasteiger partial charge is 0.399 e. The highest BCUT2D eigenvalue weighted by molar-refractivity contribution is 7.79. The molecule has 0 atom stereocenters. The summed E-state index contributed by atoms with van der Waals surface area (Å²) in [5.74, 6) is 0.680. The maximum absolute atomic E-state index is 6.14. The third-order valence-electron chi connectivity index (χ3n) is 4.52. The number of hydrogen-bond acceptors (Lipinski definition) is 4. The maximum Gasteiger partial charge on any atom is 0.495 e. The summed E-state index contributed by atoms with van der Waals surface area (Å²) in [4.78, 5) is 0. The zero-order chi connectivity index (χ0) is 15.1. The van der Waals surface area contributed by atoms with E-state index in [1.807, 2.05) is 0 Å². The lowest BCUT2D eigenvalue weighted by molar-refractivity contribution is 0.00578. The molecule has 2 rings (SSSR count). The van der Waals surface area contributed by atoms with Gasteiger partial charge in [0, 0.05) is 12.3 Å². The van der Waals surface area contributed by atoms with Crippen LogP contribution in [-0.4, -0.2) is 18.3 Å². The molecule has 0 aromatic heterocycles. The Morgan fingerprint density at radius 2 is 1.70 bits per heavy atom. The summed E-state index contributed by atoms with van der Waals surface area (Å²) >= 11 is 4.37. The van der Waals surface area contributed by atoms with E-state index in [1.54, 1.807) is 0 Å². The van der Waals surface area contributed by atoms with E-state index in [0.717, 1.165) is 22.2 Å². The van der Waals surface area contributed by atoms with Crippen LogP contribution in [0.4, 0.5) is 0 Å². The minimum absolute atomic E-state index is 0.329. The van der Waals surface area contributed by atoms with E-state index in [0.29, 0.717) is 12.3 Å². The average Bonchev–Trinajstić information content (AvgIpc) is 2.58. The molecule has 0 radical (unpaired) electrons. The van der Waals surface area contributed by atoms with Crippen molar-refractivity contribution in [2.75, 3.05) is 0 Å². The SMILES string of the molecule is Cc1c(CN)cc(CS)cc1B1OC(C)(C)C(C)(C)O1. The van der Waals surface area contributed by atoms with Crippen molar-refractivity contribution in [3.63, 3.8) is 0 Å². The third kappa shape index (κ3) is 2.64. The van der Waals surface area contributed by atoms with Gasteiger partial charge in [0.05, 0.1) is 11.2 Å². The zero-order valence-electron chi connectivity index (χ0n) is 13.0. The summed E-state index contributed by atoms with van der Waals surface area (Å²) in [6, 6.07) is 4.22. The molecule has 0 aliphatic carbocycles. The molecule has 1 aromatic rings. The first-order valence-electron chi connectivity index (χ1n) is 7.00. The third-order valence-corrected chi connectivity index (χ3v) is 4.89. The van der Waals surface area contributed by atoms with Crippen LogP contribution in [0.3, 0.4) is 0 Å². The van der Waals surface area contributed by atoms with E-state index < -0.39 is 0 Å². The van der Waals surface area contributed by atoms with E-state index in [9.17, 15) is 0 Å². The molecule has 0 spiro atoms. The number of thiol groups is 1. The van der Waals surface area contributed by atoms with Crippen LogP contribution in [0.15, 0.2) is 12.1 Å². The van der Waals surface area contributed by atoms with Gasteiger partial charge in [-0.25, -0.2) is 0 Å². The summed E-state index contributed by atoms with van der Waals surface area (Å²) in [6.07, 6.45) is 0. The maximum atomic E-state index is 6.14. The Morgan fingerprint density at radius 1 is 1.15 bits per heavy atom. The molecule has 2 N–H and O–H groups in total. The van der Waals surface area contributed by atoms with Gasteiger partial charge in [0.25, 0.3) is 0 Å². The molecule has 1 fully saturated rings. The molecule has 3 nitrogen and oxygen atoms in total. The molecular formula is C15H24BNO2S. The second kappa shape index (κ2) is 5.37. The van der Waals surface area contributed by atoms with Gasteiger partial charge in [-0.05, 0) is 56.8 Å². The van der Waals surface area contributed by atoms with Crippen LogP contribution in [0.5, 0.6) is 0 Å². The summed E-state index contributed by atoms with van der Waals surface area (Å²) < 4.78 is 12.3. The van der Waals surface area contributed by atoms with Crippen molar-refractivity contribution in [1.29, 1.82) is 0 Å². The minimum Gasteiger partial charge on any atom is -0.399 e. The monoisotopic (exact) mass is 293 g/mol. The molecule has 0 amide bonds. The molecular weight excluding hydrogens is 269 g/mol. The molecule has 1 heterocycles. The van der Waals surface area contributed by atoms with Gasteiger partial charge in [-0.15, -0.1) is 0 Å². The Hall–Kier alpha value is -0.485. The van der Waals surface area contributed by atoms with Crippen LogP contribution in [0.1, 0.15) is 44.4 Å². The molecule has 0 unspecified atom stereocenters. The average molecular weight is 293 g/mol. The Bertz CT molecular complexity index is 501. The van der Waals surface area contributed by atoms with Gasteiger partial charge in [0.2, 0.25) is 0 Å². The van der Waals surface area contributed by atoms with E-state index in [2.05, 4.69) is 59.4 Å². The Morgan fingerprint density at radius 3 is 2.15 bits per heavy atom. The van der Waals surface area contributed by atoms with E-state index in [1.165, 1.54) is 0 Å². The Kier molecular flexibility index (Phi) is 4.27. The van der Waals surface area contributed by atoms with Gasteiger partial charge in [-0.2, -0.15) is 12.6 Å². The lowest BCUT2D eigenvalue weighted by Gasteiger charge is -2.32. The fourth-order valence-corrected chi connectivity index (χ4v) is 2.57. The van der Waals surface area contributed by atoms with Crippen LogP contribution in [-0.2, 0) is 21.6 Å². The summed E-state index contributed by atoms with van der Waals surface area (Å²) in [5.41, 5.74) is 9.67. The number of rotatable bonds is 3.